The number of likely N-dealkylation sites (N-methyl/N-ethyl adjacent to an activating group) is 1. The lowest BCUT2D eigenvalue weighted by Gasteiger charge is -2.36. The first-order chi connectivity index (χ1) is 13.0. The first-order valence-corrected chi connectivity index (χ1v) is 8.56. The first kappa shape index (κ1) is 16.0. The molecule has 2 unspecified atom stereocenters. The van der Waals surface area contributed by atoms with Gasteiger partial charge in [0.05, 0.1) is 26.2 Å². The van der Waals surface area contributed by atoms with Crippen molar-refractivity contribution in [2.45, 2.75) is 12.0 Å². The van der Waals surface area contributed by atoms with Crippen LogP contribution in [0.1, 0.15) is 43.8 Å². The summed E-state index contributed by atoms with van der Waals surface area (Å²) in [5.74, 6) is 1.40. The molecule has 2 aromatic rings. The molecule has 7 heteroatoms. The molecule has 2 heterocycles. The number of carbonyl (C=O) groups is 2. The molecule has 2 aromatic carbocycles. The van der Waals surface area contributed by atoms with Gasteiger partial charge in [-0.15, -0.1) is 0 Å². The van der Waals surface area contributed by atoms with Crippen LogP contribution >= 0.6 is 0 Å². The Morgan fingerprint density at radius 1 is 0.926 bits per heavy atom. The van der Waals surface area contributed by atoms with Crippen molar-refractivity contribution in [3.63, 3.8) is 0 Å². The lowest BCUT2D eigenvalue weighted by molar-refractivity contribution is 0.0665. The first-order valence-electron chi connectivity index (χ1n) is 8.56. The normalized spacial score (nSPS) is 21.7. The summed E-state index contributed by atoms with van der Waals surface area (Å²) in [6, 6.07) is 6.53. The van der Waals surface area contributed by atoms with Crippen molar-refractivity contribution in [1.82, 2.24) is 4.90 Å². The molecule has 5 rings (SSSR count). The van der Waals surface area contributed by atoms with E-state index in [2.05, 4.69) is 0 Å². The Morgan fingerprint density at radius 2 is 1.59 bits per heavy atom. The molecular weight excluding hydrogens is 350 g/mol. The van der Waals surface area contributed by atoms with Gasteiger partial charge in [-0.2, -0.15) is 0 Å². The van der Waals surface area contributed by atoms with Gasteiger partial charge in [0.2, 0.25) is 6.79 Å². The number of rotatable bonds is 2. The number of hydrogen-bond acceptors (Lipinski definition) is 6. The third-order valence-electron chi connectivity index (χ3n) is 5.59. The van der Waals surface area contributed by atoms with Crippen LogP contribution in [0.5, 0.6) is 23.0 Å². The van der Waals surface area contributed by atoms with Gasteiger partial charge in [0, 0.05) is 18.2 Å². The summed E-state index contributed by atoms with van der Waals surface area (Å²) in [7, 11) is 4.76. The Hall–Kier alpha value is -3.22. The van der Waals surface area contributed by atoms with Gasteiger partial charge in [0.25, 0.3) is 5.91 Å². The van der Waals surface area contributed by atoms with E-state index < -0.39 is 5.92 Å². The van der Waals surface area contributed by atoms with Crippen molar-refractivity contribution in [1.29, 1.82) is 0 Å². The SMILES string of the molecule is COc1cc2c(cc1OC)C1C(=O)c3cc4c(cc3C1N(C)C2=O)OCO4. The molecule has 27 heavy (non-hydrogen) atoms. The molecule has 138 valence electrons. The number of carbonyl (C=O) groups excluding carboxylic acids is 2. The molecule has 1 aliphatic carbocycles. The monoisotopic (exact) mass is 367 g/mol. The van der Waals surface area contributed by atoms with E-state index in [-0.39, 0.29) is 24.5 Å². The number of nitrogens with zero attached hydrogens (tertiary/aromatic N) is 1. The zero-order chi connectivity index (χ0) is 18.9. The Bertz CT molecular complexity index is 1010. The largest absolute Gasteiger partial charge is 0.493 e. The fourth-order valence-corrected chi connectivity index (χ4v) is 4.30. The summed E-state index contributed by atoms with van der Waals surface area (Å²) in [5.41, 5.74) is 2.46. The summed E-state index contributed by atoms with van der Waals surface area (Å²) in [6.07, 6.45) is 0. The quantitative estimate of drug-likeness (QED) is 0.812. The predicted octanol–water partition coefficient (Wildman–Crippen LogP) is 2.54. The maximum absolute atomic E-state index is 13.3. The highest BCUT2D eigenvalue weighted by Crippen LogP contribution is 2.53. The molecule has 2 atom stereocenters. The van der Waals surface area contributed by atoms with Crippen LogP contribution in [0.2, 0.25) is 0 Å². The zero-order valence-corrected chi connectivity index (χ0v) is 15.1. The maximum Gasteiger partial charge on any atom is 0.254 e. The maximum atomic E-state index is 13.3. The number of fused-ring (bicyclic) bond motifs is 6. The average Bonchev–Trinajstić information content (AvgIpc) is 3.25. The molecule has 7 nitrogen and oxygen atoms in total. The van der Waals surface area contributed by atoms with Gasteiger partial charge in [-0.05, 0) is 35.4 Å². The minimum atomic E-state index is -0.500. The lowest BCUT2D eigenvalue weighted by Crippen LogP contribution is -2.39. The van der Waals surface area contributed by atoms with Crippen molar-refractivity contribution in [2.24, 2.45) is 0 Å². The number of ketones is 1. The second-order valence-electron chi connectivity index (χ2n) is 6.79. The number of amides is 1. The molecule has 0 saturated carbocycles. The Kier molecular flexibility index (Phi) is 3.19. The second-order valence-corrected chi connectivity index (χ2v) is 6.79. The molecule has 0 N–H and O–H groups in total. The molecular formula is C20H17NO6. The number of Topliss-reactive ketones (excluding diaryl/α,β-unsaturated/α-hetero) is 1. The topological polar surface area (TPSA) is 74.3 Å². The average molecular weight is 367 g/mol. The van der Waals surface area contributed by atoms with E-state index in [1.165, 1.54) is 14.2 Å². The standard InChI is InChI=1S/C20H17NO6/c1-21-18-10-5-15-16(27-8-26-15)6-11(10)19(22)17(18)9-4-13(24-2)14(25-3)7-12(9)20(21)23/h4-7,17-18H,8H2,1-3H3. The Balaban J connectivity index is 1.73. The van der Waals surface area contributed by atoms with Gasteiger partial charge in [-0.3, -0.25) is 9.59 Å². The minimum Gasteiger partial charge on any atom is -0.493 e. The van der Waals surface area contributed by atoms with Gasteiger partial charge < -0.3 is 23.8 Å². The van der Waals surface area contributed by atoms with Gasteiger partial charge in [-0.25, -0.2) is 0 Å². The third-order valence-corrected chi connectivity index (χ3v) is 5.59. The number of benzene rings is 2. The van der Waals surface area contributed by atoms with Crippen LogP contribution in [0.4, 0.5) is 0 Å². The minimum absolute atomic E-state index is 0.0406. The van der Waals surface area contributed by atoms with Crippen molar-refractivity contribution in [3.8, 4) is 23.0 Å². The number of hydrogen-bond donors (Lipinski definition) is 0. The smallest absolute Gasteiger partial charge is 0.254 e. The van der Waals surface area contributed by atoms with E-state index in [0.717, 1.165) is 5.56 Å². The molecule has 0 bridgehead atoms. The third kappa shape index (κ3) is 1.96. The molecule has 0 spiro atoms. The Morgan fingerprint density at radius 3 is 2.30 bits per heavy atom. The summed E-state index contributed by atoms with van der Waals surface area (Å²) >= 11 is 0. The van der Waals surface area contributed by atoms with Gasteiger partial charge in [0.15, 0.2) is 28.8 Å². The van der Waals surface area contributed by atoms with Crippen LogP contribution in [-0.4, -0.2) is 44.7 Å². The molecule has 0 aromatic heterocycles. The second kappa shape index (κ2) is 5.39. The summed E-state index contributed by atoms with van der Waals surface area (Å²) in [6.45, 7) is 0.134. The summed E-state index contributed by atoms with van der Waals surface area (Å²) in [4.78, 5) is 27.9. The Labute approximate surface area is 155 Å². The summed E-state index contributed by atoms with van der Waals surface area (Å²) < 4.78 is 21.6. The highest BCUT2D eigenvalue weighted by molar-refractivity contribution is 6.11. The van der Waals surface area contributed by atoms with Crippen LogP contribution < -0.4 is 18.9 Å². The van der Waals surface area contributed by atoms with Gasteiger partial charge in [-0.1, -0.05) is 0 Å². The molecule has 2 aliphatic heterocycles. The van der Waals surface area contributed by atoms with Crippen molar-refractivity contribution in [3.05, 3.63) is 46.5 Å². The molecule has 0 radical (unpaired) electrons. The molecule has 0 fully saturated rings. The van der Waals surface area contributed by atoms with E-state index in [9.17, 15) is 9.59 Å². The van der Waals surface area contributed by atoms with Crippen LogP contribution in [0.15, 0.2) is 24.3 Å². The van der Waals surface area contributed by atoms with Crippen LogP contribution in [-0.2, 0) is 0 Å². The summed E-state index contributed by atoms with van der Waals surface area (Å²) in [5, 5.41) is 0. The van der Waals surface area contributed by atoms with Gasteiger partial charge >= 0.3 is 0 Å². The van der Waals surface area contributed by atoms with E-state index >= 15 is 0 Å². The van der Waals surface area contributed by atoms with Crippen molar-refractivity contribution < 1.29 is 28.5 Å². The fraction of sp³-hybridized carbons (Fsp3) is 0.300. The van der Waals surface area contributed by atoms with Crippen molar-refractivity contribution >= 4 is 11.7 Å². The van der Waals surface area contributed by atoms with Crippen LogP contribution in [0, 0.1) is 0 Å². The van der Waals surface area contributed by atoms with Crippen molar-refractivity contribution in [2.75, 3.05) is 28.1 Å². The van der Waals surface area contributed by atoms with Gasteiger partial charge in [0.1, 0.15) is 0 Å². The predicted molar refractivity (Wildman–Crippen MR) is 94.0 cm³/mol. The van der Waals surface area contributed by atoms with E-state index in [4.69, 9.17) is 18.9 Å². The fourth-order valence-electron chi connectivity index (χ4n) is 4.30. The van der Waals surface area contributed by atoms with Crippen LogP contribution in [0.25, 0.3) is 0 Å². The van der Waals surface area contributed by atoms with E-state index in [1.807, 2.05) is 6.07 Å². The van der Waals surface area contributed by atoms with E-state index in [1.54, 1.807) is 30.1 Å². The number of methoxy groups -OCH3 is 2. The molecule has 3 aliphatic rings. The molecule has 1 amide bonds. The highest BCUT2D eigenvalue weighted by Gasteiger charge is 2.50. The van der Waals surface area contributed by atoms with E-state index in [0.29, 0.717) is 39.7 Å². The zero-order valence-electron chi connectivity index (χ0n) is 15.1. The molecule has 0 saturated heterocycles. The van der Waals surface area contributed by atoms with Crippen LogP contribution in [0.3, 0.4) is 0 Å². The highest BCUT2D eigenvalue weighted by atomic mass is 16.7. The lowest BCUT2D eigenvalue weighted by atomic mass is 9.83. The number of ether oxygens (including phenoxy) is 4.